The van der Waals surface area contributed by atoms with Gasteiger partial charge in [-0.15, -0.1) is 0 Å². The Labute approximate surface area is 145 Å². The summed E-state index contributed by atoms with van der Waals surface area (Å²) >= 11 is 0. The number of hydrogen-bond acceptors (Lipinski definition) is 2. The van der Waals surface area contributed by atoms with Crippen LogP contribution in [0.5, 0.6) is 0 Å². The van der Waals surface area contributed by atoms with Crippen molar-refractivity contribution in [1.29, 1.82) is 0 Å². The highest BCUT2D eigenvalue weighted by atomic mass is 19.1. The van der Waals surface area contributed by atoms with Gasteiger partial charge in [-0.05, 0) is 30.2 Å². The minimum absolute atomic E-state index is 0.0780. The second kappa shape index (κ2) is 8.37. The highest BCUT2D eigenvalue weighted by Crippen LogP contribution is 2.22. The number of para-hydroxylation sites is 2. The van der Waals surface area contributed by atoms with Crippen molar-refractivity contribution in [1.82, 2.24) is 0 Å². The van der Waals surface area contributed by atoms with E-state index in [0.717, 1.165) is 29.8 Å². The van der Waals surface area contributed by atoms with E-state index >= 15 is 0 Å². The van der Waals surface area contributed by atoms with Crippen LogP contribution in [0.3, 0.4) is 0 Å². The predicted molar refractivity (Wildman–Crippen MR) is 93.5 cm³/mol. The van der Waals surface area contributed by atoms with Crippen molar-refractivity contribution in [2.45, 2.75) is 26.7 Å². The second-order valence-electron chi connectivity index (χ2n) is 5.55. The lowest BCUT2D eigenvalue weighted by molar-refractivity contribution is -0.117. The first kappa shape index (κ1) is 18.6. The molecule has 2 rings (SSSR count). The third-order valence-corrected chi connectivity index (χ3v) is 3.83. The number of anilines is 2. The molecule has 2 amide bonds. The summed E-state index contributed by atoms with van der Waals surface area (Å²) in [4.78, 5) is 25.5. The van der Waals surface area contributed by atoms with Crippen LogP contribution in [0.1, 0.15) is 25.8 Å². The van der Waals surface area contributed by atoms with Gasteiger partial charge in [0.15, 0.2) is 0 Å². The molecular formula is C19H20F2N2O2. The molecule has 0 saturated heterocycles. The lowest BCUT2D eigenvalue weighted by Crippen LogP contribution is -2.32. The molecule has 0 bridgehead atoms. The number of rotatable bonds is 6. The van der Waals surface area contributed by atoms with E-state index in [-0.39, 0.29) is 18.9 Å². The summed E-state index contributed by atoms with van der Waals surface area (Å²) in [5, 5.41) is 2.23. The third kappa shape index (κ3) is 4.62. The van der Waals surface area contributed by atoms with Crippen molar-refractivity contribution in [3.05, 3.63) is 59.7 Å². The van der Waals surface area contributed by atoms with Crippen molar-refractivity contribution in [2.75, 3.05) is 16.8 Å². The molecule has 0 fully saturated rings. The van der Waals surface area contributed by atoms with Crippen molar-refractivity contribution in [2.24, 2.45) is 0 Å². The number of nitrogens with one attached hydrogen (secondary N) is 1. The Balaban J connectivity index is 2.09. The summed E-state index contributed by atoms with van der Waals surface area (Å²) in [6, 6.07) is 10.8. The van der Waals surface area contributed by atoms with Gasteiger partial charge in [0.2, 0.25) is 11.8 Å². The first-order valence-corrected chi connectivity index (χ1v) is 8.04. The number of carbonyl (C=O) groups excluding carboxylic acids is 2. The van der Waals surface area contributed by atoms with Crippen LogP contribution in [-0.2, 0) is 16.0 Å². The summed E-state index contributed by atoms with van der Waals surface area (Å²) in [7, 11) is 0. The van der Waals surface area contributed by atoms with Gasteiger partial charge >= 0.3 is 0 Å². The molecule has 4 nitrogen and oxygen atoms in total. The molecule has 6 heteroatoms. The quantitative estimate of drug-likeness (QED) is 0.862. The molecule has 0 atom stereocenters. The van der Waals surface area contributed by atoms with Crippen LogP contribution in [0.15, 0.2) is 42.5 Å². The van der Waals surface area contributed by atoms with Gasteiger partial charge in [0.25, 0.3) is 0 Å². The van der Waals surface area contributed by atoms with Crippen LogP contribution < -0.4 is 10.2 Å². The number of nitrogens with zero attached hydrogens (tertiary/aromatic N) is 1. The molecule has 0 aliphatic heterocycles. The Hall–Kier alpha value is -2.76. The van der Waals surface area contributed by atoms with E-state index in [1.54, 1.807) is 0 Å². The van der Waals surface area contributed by atoms with Gasteiger partial charge in [-0.1, -0.05) is 31.2 Å². The maximum absolute atomic E-state index is 13.6. The normalized spacial score (nSPS) is 10.4. The average Bonchev–Trinajstić information content (AvgIpc) is 2.58. The second-order valence-corrected chi connectivity index (χ2v) is 5.55. The highest BCUT2D eigenvalue weighted by molar-refractivity contribution is 5.95. The smallest absolute Gasteiger partial charge is 0.226 e. The van der Waals surface area contributed by atoms with Crippen molar-refractivity contribution < 1.29 is 18.4 Å². The fraction of sp³-hybridized carbons (Fsp3) is 0.263. The molecule has 2 aromatic rings. The number of hydrogen-bond donors (Lipinski definition) is 1. The summed E-state index contributed by atoms with van der Waals surface area (Å²) in [5.74, 6) is -2.45. The molecule has 25 heavy (non-hydrogen) atoms. The maximum Gasteiger partial charge on any atom is 0.226 e. The summed E-state index contributed by atoms with van der Waals surface area (Å²) in [5.41, 5.74) is 1.25. The zero-order chi connectivity index (χ0) is 18.4. The molecule has 0 aliphatic rings. The molecule has 0 saturated carbocycles. The molecule has 132 valence electrons. The Bertz CT molecular complexity index is 758. The minimum atomic E-state index is -0.840. The number of benzene rings is 2. The summed E-state index contributed by atoms with van der Waals surface area (Å²) in [6.45, 7) is 3.51. The fourth-order valence-electron chi connectivity index (χ4n) is 2.55. The number of carbonyl (C=O) groups is 2. The van der Waals surface area contributed by atoms with E-state index in [1.165, 1.54) is 17.9 Å². The first-order valence-electron chi connectivity index (χ1n) is 8.04. The van der Waals surface area contributed by atoms with Crippen LogP contribution in [0.4, 0.5) is 20.2 Å². The van der Waals surface area contributed by atoms with Crippen molar-refractivity contribution in [3.8, 4) is 0 Å². The number of amides is 2. The van der Waals surface area contributed by atoms with Crippen LogP contribution in [0, 0.1) is 11.6 Å². The standard InChI is InChI=1S/C19H20F2N2O2/c1-3-14-7-4-5-10-17(14)23(13(2)24)12-11-18(25)22-19-15(20)8-6-9-16(19)21/h4-10H,3,11-12H2,1-2H3,(H,22,25). The first-order chi connectivity index (χ1) is 11.9. The zero-order valence-electron chi connectivity index (χ0n) is 14.2. The molecular weight excluding hydrogens is 326 g/mol. The molecule has 2 aromatic carbocycles. The van der Waals surface area contributed by atoms with Gasteiger partial charge in [0.05, 0.1) is 0 Å². The van der Waals surface area contributed by atoms with Gasteiger partial charge in [-0.25, -0.2) is 8.78 Å². The third-order valence-electron chi connectivity index (χ3n) is 3.83. The number of aryl methyl sites for hydroxylation is 1. The van der Waals surface area contributed by atoms with E-state index in [9.17, 15) is 18.4 Å². The largest absolute Gasteiger partial charge is 0.321 e. The Morgan fingerprint density at radius 3 is 2.28 bits per heavy atom. The monoisotopic (exact) mass is 346 g/mol. The SMILES string of the molecule is CCc1ccccc1N(CCC(=O)Nc1c(F)cccc1F)C(C)=O. The molecule has 0 unspecified atom stereocenters. The predicted octanol–water partition coefficient (Wildman–Crippen LogP) is 3.91. The lowest BCUT2D eigenvalue weighted by Gasteiger charge is -2.23. The molecule has 0 radical (unpaired) electrons. The average molecular weight is 346 g/mol. The van der Waals surface area contributed by atoms with Gasteiger partial charge < -0.3 is 10.2 Å². The highest BCUT2D eigenvalue weighted by Gasteiger charge is 2.17. The van der Waals surface area contributed by atoms with Crippen LogP contribution in [-0.4, -0.2) is 18.4 Å². The van der Waals surface area contributed by atoms with Crippen LogP contribution in [0.2, 0.25) is 0 Å². The van der Waals surface area contributed by atoms with E-state index in [1.807, 2.05) is 31.2 Å². The topological polar surface area (TPSA) is 49.4 Å². The van der Waals surface area contributed by atoms with Crippen molar-refractivity contribution in [3.63, 3.8) is 0 Å². The summed E-state index contributed by atoms with van der Waals surface area (Å²) in [6.07, 6.45) is 0.665. The molecule has 0 aliphatic carbocycles. The fourth-order valence-corrected chi connectivity index (χ4v) is 2.55. The van der Waals surface area contributed by atoms with E-state index in [4.69, 9.17) is 0 Å². The van der Waals surface area contributed by atoms with Gasteiger partial charge in [0, 0.05) is 25.6 Å². The maximum atomic E-state index is 13.6. The molecule has 0 spiro atoms. The Kier molecular flexibility index (Phi) is 6.22. The van der Waals surface area contributed by atoms with Gasteiger partial charge in [-0.2, -0.15) is 0 Å². The Morgan fingerprint density at radius 2 is 1.68 bits per heavy atom. The van der Waals surface area contributed by atoms with E-state index < -0.39 is 23.2 Å². The van der Waals surface area contributed by atoms with Crippen LogP contribution >= 0.6 is 0 Å². The van der Waals surface area contributed by atoms with Gasteiger partial charge in [-0.3, -0.25) is 9.59 Å². The summed E-state index contributed by atoms with van der Waals surface area (Å²) < 4.78 is 27.2. The van der Waals surface area contributed by atoms with Crippen LogP contribution in [0.25, 0.3) is 0 Å². The Morgan fingerprint density at radius 1 is 1.04 bits per heavy atom. The van der Waals surface area contributed by atoms with E-state index in [2.05, 4.69) is 5.32 Å². The van der Waals surface area contributed by atoms with E-state index in [0.29, 0.717) is 0 Å². The van der Waals surface area contributed by atoms with Gasteiger partial charge in [0.1, 0.15) is 17.3 Å². The van der Waals surface area contributed by atoms with Crippen molar-refractivity contribution >= 4 is 23.2 Å². The number of halogens is 2. The molecule has 0 aromatic heterocycles. The molecule has 0 heterocycles. The minimum Gasteiger partial charge on any atom is -0.321 e. The zero-order valence-corrected chi connectivity index (χ0v) is 14.2. The lowest BCUT2D eigenvalue weighted by atomic mass is 10.1. The molecule has 1 N–H and O–H groups in total.